The summed E-state index contributed by atoms with van der Waals surface area (Å²) in [4.78, 5) is 0. The smallest absolute Gasteiger partial charge is 0.0431 e. The van der Waals surface area contributed by atoms with E-state index >= 15 is 0 Å². The predicted molar refractivity (Wildman–Crippen MR) is 34.0 cm³/mol. The van der Waals surface area contributed by atoms with Crippen LogP contribution in [0.15, 0.2) is 0 Å². The van der Waals surface area contributed by atoms with Gasteiger partial charge in [-0.05, 0) is 19.4 Å². The lowest BCUT2D eigenvalue weighted by atomic mass is 10.3. The van der Waals surface area contributed by atoms with Crippen LogP contribution in [0.1, 0.15) is 12.8 Å². The van der Waals surface area contributed by atoms with E-state index in [1.165, 1.54) is 0 Å². The van der Waals surface area contributed by atoms with Gasteiger partial charge in [0.25, 0.3) is 0 Å². The van der Waals surface area contributed by atoms with E-state index in [2.05, 4.69) is 14.5 Å². The normalized spacial score (nSPS) is 9.43. The Labute approximate surface area is 46.6 Å². The molecule has 0 aliphatic rings. The first kappa shape index (κ1) is 7.35. The van der Waals surface area contributed by atoms with Crippen molar-refractivity contribution < 1.29 is 5.11 Å². The molecule has 0 aliphatic carbocycles. The molecule has 7 heavy (non-hydrogen) atoms. The molecule has 44 valence electrons. The third kappa shape index (κ3) is 6.35. The number of unbranched alkanes of at least 4 members (excludes halogenated alkanes) is 1. The lowest BCUT2D eigenvalue weighted by Crippen LogP contribution is -2.00. The van der Waals surface area contributed by atoms with Crippen LogP contribution in [0, 0.1) is 0 Å². The van der Waals surface area contributed by atoms with Crippen LogP contribution in [0.4, 0.5) is 0 Å². The summed E-state index contributed by atoms with van der Waals surface area (Å²) >= 11 is 0. The second kappa shape index (κ2) is 6.35. The molecular weight excluding hydrogens is 109 g/mol. The van der Waals surface area contributed by atoms with Crippen LogP contribution in [0.2, 0.25) is 0 Å². The highest BCUT2D eigenvalue weighted by Crippen LogP contribution is 1.83. The molecule has 0 bridgehead atoms. The van der Waals surface area contributed by atoms with Crippen LogP contribution < -0.4 is 5.09 Å². The summed E-state index contributed by atoms with van der Waals surface area (Å²) in [6.07, 6.45) is 1.96. The maximum atomic E-state index is 8.26. The van der Waals surface area contributed by atoms with Crippen molar-refractivity contribution in [1.82, 2.24) is 5.09 Å². The first-order chi connectivity index (χ1) is 3.41. The Morgan fingerprint density at radius 3 is 2.57 bits per heavy atom. The van der Waals surface area contributed by atoms with Crippen molar-refractivity contribution in [2.24, 2.45) is 0 Å². The number of aliphatic hydroxyl groups excluding tert-OH is 1. The molecule has 0 heterocycles. The minimum Gasteiger partial charge on any atom is -0.396 e. The third-order valence-corrected chi connectivity index (χ3v) is 1.02. The Morgan fingerprint density at radius 1 is 1.43 bits per heavy atom. The number of hydrogen-bond donors (Lipinski definition) is 2. The molecule has 0 aromatic heterocycles. The van der Waals surface area contributed by atoms with E-state index in [4.69, 9.17) is 5.11 Å². The summed E-state index contributed by atoms with van der Waals surface area (Å²) < 4.78 is 0. The average Bonchev–Trinajstić information content (AvgIpc) is 1.69. The lowest BCUT2D eigenvalue weighted by Gasteiger charge is -1.92. The molecule has 0 aromatic carbocycles. The van der Waals surface area contributed by atoms with Gasteiger partial charge in [-0.2, -0.15) is 0 Å². The molecule has 2 N–H and O–H groups in total. The van der Waals surface area contributed by atoms with E-state index in [-0.39, 0.29) is 0 Å². The summed E-state index contributed by atoms with van der Waals surface area (Å²) in [6, 6.07) is 0. The first-order valence-corrected chi connectivity index (χ1v) is 3.04. The van der Waals surface area contributed by atoms with Gasteiger partial charge in [-0.25, -0.2) is 0 Å². The van der Waals surface area contributed by atoms with Crippen LogP contribution >= 0.6 is 9.39 Å². The zero-order chi connectivity index (χ0) is 5.54. The molecule has 3 heteroatoms. The van der Waals surface area contributed by atoms with Crippen molar-refractivity contribution in [3.63, 3.8) is 0 Å². The van der Waals surface area contributed by atoms with Crippen LogP contribution in [0.25, 0.3) is 0 Å². The largest absolute Gasteiger partial charge is 0.396 e. The minimum atomic E-state index is 0.312. The van der Waals surface area contributed by atoms with Crippen molar-refractivity contribution in [2.75, 3.05) is 13.2 Å². The van der Waals surface area contributed by atoms with Crippen molar-refractivity contribution in [1.29, 1.82) is 0 Å². The van der Waals surface area contributed by atoms with E-state index in [0.717, 1.165) is 19.4 Å². The van der Waals surface area contributed by atoms with Gasteiger partial charge in [-0.1, -0.05) is 9.39 Å². The van der Waals surface area contributed by atoms with Crippen LogP contribution in [-0.2, 0) is 0 Å². The number of aliphatic hydroxyl groups is 1. The highest BCUT2D eigenvalue weighted by atomic mass is 31.0. The van der Waals surface area contributed by atoms with Crippen molar-refractivity contribution in [2.45, 2.75) is 12.8 Å². The molecule has 0 aliphatic heterocycles. The lowest BCUT2D eigenvalue weighted by molar-refractivity contribution is 0.285. The van der Waals surface area contributed by atoms with Gasteiger partial charge in [0.2, 0.25) is 0 Å². The van der Waals surface area contributed by atoms with Gasteiger partial charge < -0.3 is 10.2 Å². The van der Waals surface area contributed by atoms with E-state index in [9.17, 15) is 0 Å². The van der Waals surface area contributed by atoms with Crippen molar-refractivity contribution in [3.05, 3.63) is 0 Å². The molecule has 0 aromatic rings. The molecule has 0 fully saturated rings. The van der Waals surface area contributed by atoms with Gasteiger partial charge in [0, 0.05) is 6.61 Å². The molecule has 1 unspecified atom stereocenters. The fourth-order valence-corrected chi connectivity index (χ4v) is 0.543. The van der Waals surface area contributed by atoms with Gasteiger partial charge in [0.15, 0.2) is 0 Å². The molecule has 2 nitrogen and oxygen atoms in total. The Hall–Kier alpha value is 0.350. The second-order valence-corrected chi connectivity index (χ2v) is 1.79. The molecule has 0 amide bonds. The summed E-state index contributed by atoms with van der Waals surface area (Å²) in [6.45, 7) is 1.29. The van der Waals surface area contributed by atoms with E-state index in [1.807, 2.05) is 0 Å². The van der Waals surface area contributed by atoms with Gasteiger partial charge in [-0.3, -0.25) is 0 Å². The number of rotatable bonds is 4. The van der Waals surface area contributed by atoms with E-state index < -0.39 is 0 Å². The van der Waals surface area contributed by atoms with Crippen molar-refractivity contribution >= 4 is 9.39 Å². The maximum Gasteiger partial charge on any atom is 0.0431 e. The fraction of sp³-hybridized carbons (Fsp3) is 1.00. The van der Waals surface area contributed by atoms with Crippen LogP contribution in [0.3, 0.4) is 0 Å². The molecule has 0 rings (SSSR count). The summed E-state index contributed by atoms with van der Waals surface area (Å²) in [5.74, 6) is 0. The van der Waals surface area contributed by atoms with Crippen molar-refractivity contribution in [3.8, 4) is 0 Å². The number of nitrogens with one attached hydrogen (secondary N) is 1. The molecule has 0 saturated heterocycles. The Bertz CT molecular complexity index is 30.9. The summed E-state index contributed by atoms with van der Waals surface area (Å²) in [5.41, 5.74) is 0. The second-order valence-electron chi connectivity index (χ2n) is 1.38. The fourth-order valence-electron chi connectivity index (χ4n) is 0.339. The minimum absolute atomic E-state index is 0.312. The zero-order valence-electron chi connectivity index (χ0n) is 4.35. The molecule has 0 spiro atoms. The summed E-state index contributed by atoms with van der Waals surface area (Å²) in [5, 5.41) is 11.2. The zero-order valence-corrected chi connectivity index (χ0v) is 5.51. The monoisotopic (exact) mass is 121 g/mol. The average molecular weight is 121 g/mol. The Balaban J connectivity index is 2.45. The SMILES string of the molecule is OCCCCNP. The highest BCUT2D eigenvalue weighted by molar-refractivity contribution is 7.13. The van der Waals surface area contributed by atoms with E-state index in [0.29, 0.717) is 6.61 Å². The highest BCUT2D eigenvalue weighted by Gasteiger charge is 1.79. The first-order valence-electron chi connectivity index (χ1n) is 2.46. The van der Waals surface area contributed by atoms with Gasteiger partial charge in [-0.15, -0.1) is 0 Å². The van der Waals surface area contributed by atoms with Crippen LogP contribution in [0.5, 0.6) is 0 Å². The standard InChI is InChI=1S/C4H12NOP/c6-4-2-1-3-5-7/h5-6H,1-4,7H2. The Kier molecular flexibility index (Phi) is 6.67. The number of hydrogen-bond acceptors (Lipinski definition) is 2. The van der Waals surface area contributed by atoms with Gasteiger partial charge in [0.05, 0.1) is 0 Å². The topological polar surface area (TPSA) is 32.3 Å². The predicted octanol–water partition coefficient (Wildman–Crippen LogP) is 0.139. The molecule has 1 atom stereocenters. The molecular formula is C4H12NOP. The molecule has 0 radical (unpaired) electrons. The molecule has 0 saturated carbocycles. The van der Waals surface area contributed by atoms with Gasteiger partial charge in [0.1, 0.15) is 0 Å². The third-order valence-electron chi connectivity index (χ3n) is 0.729. The quantitative estimate of drug-likeness (QED) is 0.409. The summed E-state index contributed by atoms with van der Waals surface area (Å²) in [7, 11) is 2.42. The maximum absolute atomic E-state index is 8.26. The van der Waals surface area contributed by atoms with Crippen LogP contribution in [-0.4, -0.2) is 18.3 Å². The van der Waals surface area contributed by atoms with E-state index in [1.54, 1.807) is 0 Å². The van der Waals surface area contributed by atoms with Gasteiger partial charge >= 0.3 is 0 Å². The Morgan fingerprint density at radius 2 is 2.14 bits per heavy atom.